The molecule has 1 aliphatic carbocycles. The van der Waals surface area contributed by atoms with E-state index in [1.54, 1.807) is 0 Å². The van der Waals surface area contributed by atoms with E-state index < -0.39 is 5.82 Å². The van der Waals surface area contributed by atoms with E-state index in [0.29, 0.717) is 24.5 Å². The van der Waals surface area contributed by atoms with Crippen molar-refractivity contribution in [1.29, 1.82) is 0 Å². The first-order valence-corrected chi connectivity index (χ1v) is 7.56. The number of fused-ring (bicyclic) bond motifs is 1. The van der Waals surface area contributed by atoms with Crippen LogP contribution in [0.5, 0.6) is 0 Å². The van der Waals surface area contributed by atoms with Gasteiger partial charge in [-0.1, -0.05) is 0 Å². The summed E-state index contributed by atoms with van der Waals surface area (Å²) in [5.41, 5.74) is 2.00. The molecular formula is C16H15FN4O2. The molecule has 1 aromatic carbocycles. The van der Waals surface area contributed by atoms with Gasteiger partial charge >= 0.3 is 0 Å². The summed E-state index contributed by atoms with van der Waals surface area (Å²) in [7, 11) is 0. The second-order valence-electron chi connectivity index (χ2n) is 5.86. The van der Waals surface area contributed by atoms with Gasteiger partial charge < -0.3 is 10.6 Å². The standard InChI is InChI=1S/C16H15FN4O2/c17-11-5-3-9(4-6-11)15(22)19-14-12-7-18-8-13(12)21(20-14)16(23)10-1-2-10/h3-6,10,18H,1-2,7-8H2,(H,19,20,22). The number of hydrogen-bond donors (Lipinski definition) is 2. The Hall–Kier alpha value is -2.54. The first-order chi connectivity index (χ1) is 11.1. The summed E-state index contributed by atoms with van der Waals surface area (Å²) in [6.45, 7) is 1.12. The average Bonchev–Trinajstić information content (AvgIpc) is 3.19. The third kappa shape index (κ3) is 2.53. The van der Waals surface area contributed by atoms with Crippen molar-refractivity contribution in [1.82, 2.24) is 15.1 Å². The SMILES string of the molecule is O=C(Nc1nn(C(=O)C2CC2)c2c1CNC2)c1ccc(F)cc1. The van der Waals surface area contributed by atoms with Crippen LogP contribution in [0.4, 0.5) is 10.2 Å². The number of aromatic nitrogens is 2. The van der Waals surface area contributed by atoms with E-state index in [4.69, 9.17) is 0 Å². The lowest BCUT2D eigenvalue weighted by atomic mass is 10.2. The predicted molar refractivity (Wildman–Crippen MR) is 80.5 cm³/mol. The van der Waals surface area contributed by atoms with Crippen molar-refractivity contribution in [2.75, 3.05) is 5.32 Å². The van der Waals surface area contributed by atoms with Crippen LogP contribution in [0.3, 0.4) is 0 Å². The fourth-order valence-corrected chi connectivity index (χ4v) is 2.73. The number of amides is 1. The smallest absolute Gasteiger partial charge is 0.256 e. The fourth-order valence-electron chi connectivity index (χ4n) is 2.73. The van der Waals surface area contributed by atoms with Gasteiger partial charge in [-0.25, -0.2) is 9.07 Å². The maximum atomic E-state index is 12.9. The van der Waals surface area contributed by atoms with E-state index in [1.807, 2.05) is 0 Å². The van der Waals surface area contributed by atoms with Gasteiger partial charge in [-0.3, -0.25) is 9.59 Å². The zero-order valence-electron chi connectivity index (χ0n) is 12.3. The summed E-state index contributed by atoms with van der Waals surface area (Å²) in [5.74, 6) is -0.324. The minimum Gasteiger partial charge on any atom is -0.307 e. The summed E-state index contributed by atoms with van der Waals surface area (Å²) in [4.78, 5) is 24.6. The van der Waals surface area contributed by atoms with Crippen molar-refractivity contribution in [2.45, 2.75) is 25.9 Å². The largest absolute Gasteiger partial charge is 0.307 e. The molecule has 2 aliphatic rings. The number of benzene rings is 1. The van der Waals surface area contributed by atoms with Crippen LogP contribution in [0.1, 0.15) is 39.3 Å². The molecule has 0 spiro atoms. The first-order valence-electron chi connectivity index (χ1n) is 7.56. The third-order valence-electron chi connectivity index (χ3n) is 4.16. The molecule has 7 heteroatoms. The molecule has 0 atom stereocenters. The van der Waals surface area contributed by atoms with E-state index in [0.717, 1.165) is 24.1 Å². The molecule has 2 aromatic rings. The molecule has 0 unspecified atom stereocenters. The van der Waals surface area contributed by atoms with Gasteiger partial charge in [0.15, 0.2) is 5.82 Å². The van der Waals surface area contributed by atoms with Gasteiger partial charge in [0.1, 0.15) is 5.82 Å². The molecule has 1 amide bonds. The highest BCUT2D eigenvalue weighted by Crippen LogP contribution is 2.33. The van der Waals surface area contributed by atoms with Crippen LogP contribution in [-0.2, 0) is 13.1 Å². The lowest BCUT2D eigenvalue weighted by molar-refractivity contribution is 0.0865. The second kappa shape index (κ2) is 5.27. The van der Waals surface area contributed by atoms with E-state index in [9.17, 15) is 14.0 Å². The molecule has 1 aromatic heterocycles. The Kier molecular flexibility index (Phi) is 3.23. The summed E-state index contributed by atoms with van der Waals surface area (Å²) < 4.78 is 14.4. The van der Waals surface area contributed by atoms with Gasteiger partial charge in [-0.15, -0.1) is 5.10 Å². The van der Waals surface area contributed by atoms with Gasteiger partial charge in [-0.05, 0) is 37.1 Å². The topological polar surface area (TPSA) is 76.0 Å². The van der Waals surface area contributed by atoms with Crippen LogP contribution in [0.25, 0.3) is 0 Å². The van der Waals surface area contributed by atoms with Crippen molar-refractivity contribution >= 4 is 17.6 Å². The Labute approximate surface area is 131 Å². The number of anilines is 1. The van der Waals surface area contributed by atoms with E-state index in [-0.39, 0.29) is 17.7 Å². The van der Waals surface area contributed by atoms with E-state index >= 15 is 0 Å². The summed E-state index contributed by atoms with van der Waals surface area (Å²) in [6, 6.07) is 5.29. The number of hydrogen-bond acceptors (Lipinski definition) is 4. The number of rotatable bonds is 3. The molecule has 1 aliphatic heterocycles. The van der Waals surface area contributed by atoms with Crippen molar-refractivity contribution in [3.63, 3.8) is 0 Å². The molecule has 0 radical (unpaired) electrons. The van der Waals surface area contributed by atoms with Gasteiger partial charge in [0, 0.05) is 30.1 Å². The Morgan fingerprint density at radius 2 is 1.96 bits per heavy atom. The summed E-state index contributed by atoms with van der Waals surface area (Å²) in [5, 5.41) is 10.2. The highest BCUT2D eigenvalue weighted by atomic mass is 19.1. The van der Waals surface area contributed by atoms with Gasteiger partial charge in [-0.2, -0.15) is 0 Å². The van der Waals surface area contributed by atoms with Crippen LogP contribution in [0.2, 0.25) is 0 Å². The van der Waals surface area contributed by atoms with E-state index in [2.05, 4.69) is 15.7 Å². The zero-order chi connectivity index (χ0) is 16.0. The van der Waals surface area contributed by atoms with Gasteiger partial charge in [0.05, 0.1) is 5.69 Å². The van der Waals surface area contributed by atoms with Gasteiger partial charge in [0.25, 0.3) is 5.91 Å². The van der Waals surface area contributed by atoms with Crippen LogP contribution < -0.4 is 10.6 Å². The average molecular weight is 314 g/mol. The monoisotopic (exact) mass is 314 g/mol. The molecule has 118 valence electrons. The molecular weight excluding hydrogens is 299 g/mol. The van der Waals surface area contributed by atoms with Gasteiger partial charge in [0.2, 0.25) is 5.91 Å². The minimum absolute atomic E-state index is 0.00719. The molecule has 2 heterocycles. The number of carbonyl (C=O) groups excluding carboxylic acids is 2. The quantitative estimate of drug-likeness (QED) is 0.907. The predicted octanol–water partition coefficient (Wildman–Crippen LogP) is 1.93. The van der Waals surface area contributed by atoms with Crippen molar-refractivity contribution in [3.8, 4) is 0 Å². The molecule has 0 saturated heterocycles. The number of nitrogens with zero attached hydrogens (tertiary/aromatic N) is 2. The highest BCUT2D eigenvalue weighted by molar-refractivity contribution is 6.04. The maximum Gasteiger partial charge on any atom is 0.256 e. The Morgan fingerprint density at radius 3 is 2.65 bits per heavy atom. The van der Waals surface area contributed by atoms with Crippen LogP contribution >= 0.6 is 0 Å². The second-order valence-corrected chi connectivity index (χ2v) is 5.86. The maximum absolute atomic E-state index is 12.9. The van der Waals surface area contributed by atoms with Crippen LogP contribution in [0, 0.1) is 11.7 Å². The molecule has 1 fully saturated rings. The molecule has 6 nitrogen and oxygen atoms in total. The Morgan fingerprint density at radius 1 is 1.22 bits per heavy atom. The van der Waals surface area contributed by atoms with Crippen LogP contribution in [-0.4, -0.2) is 21.6 Å². The van der Waals surface area contributed by atoms with E-state index in [1.165, 1.54) is 28.9 Å². The lowest BCUT2D eigenvalue weighted by Gasteiger charge is -2.04. The Balaban J connectivity index is 1.61. The highest BCUT2D eigenvalue weighted by Gasteiger charge is 2.35. The minimum atomic E-state index is -0.397. The first kappa shape index (κ1) is 14.1. The molecule has 0 bridgehead atoms. The van der Waals surface area contributed by atoms with Crippen molar-refractivity contribution in [3.05, 3.63) is 46.9 Å². The van der Waals surface area contributed by atoms with Crippen molar-refractivity contribution in [2.24, 2.45) is 5.92 Å². The fraction of sp³-hybridized carbons (Fsp3) is 0.312. The normalized spacial score (nSPS) is 16.2. The summed E-state index contributed by atoms with van der Waals surface area (Å²) in [6.07, 6.45) is 1.80. The summed E-state index contributed by atoms with van der Waals surface area (Å²) >= 11 is 0. The third-order valence-corrected chi connectivity index (χ3v) is 4.16. The Bertz CT molecular complexity index is 793. The number of halogens is 1. The number of carbonyl (C=O) groups is 2. The molecule has 23 heavy (non-hydrogen) atoms. The zero-order valence-corrected chi connectivity index (χ0v) is 12.3. The molecule has 2 N–H and O–H groups in total. The van der Waals surface area contributed by atoms with Crippen molar-refractivity contribution < 1.29 is 14.0 Å². The van der Waals surface area contributed by atoms with Crippen LogP contribution in [0.15, 0.2) is 24.3 Å². The number of nitrogens with one attached hydrogen (secondary N) is 2. The lowest BCUT2D eigenvalue weighted by Crippen LogP contribution is -2.19. The molecule has 1 saturated carbocycles. The molecule has 4 rings (SSSR count).